The Bertz CT molecular complexity index is 3020. The van der Waals surface area contributed by atoms with Crippen molar-refractivity contribution in [1.29, 1.82) is 0 Å². The smallest absolute Gasteiger partial charge is 0.450 e. The van der Waals surface area contributed by atoms with Crippen molar-refractivity contribution in [1.82, 2.24) is 10.6 Å². The number of alkyl halides is 3. The molecular weight excluding hydrogens is 908 g/mol. The molecule has 21 heteroatoms. The maximum atomic E-state index is 16.0. The third kappa shape index (κ3) is 7.85. The first-order valence-electron chi connectivity index (χ1n) is 20.7. The predicted octanol–water partition coefficient (Wildman–Crippen LogP) is 8.55. The second-order valence-electron chi connectivity index (χ2n) is 16.1. The van der Waals surface area contributed by atoms with Crippen molar-refractivity contribution in [3.63, 3.8) is 0 Å². The number of nitrogens with zero attached hydrogens (tertiary/aromatic N) is 1. The summed E-state index contributed by atoms with van der Waals surface area (Å²) in [6, 6.07) is 10.4. The number of esters is 1. The minimum Gasteiger partial charge on any atom is -0.450 e. The van der Waals surface area contributed by atoms with Gasteiger partial charge < -0.3 is 33.6 Å². The van der Waals surface area contributed by atoms with Gasteiger partial charge in [-0.25, -0.2) is 22.8 Å². The van der Waals surface area contributed by atoms with Crippen LogP contribution >= 0.6 is 0 Å². The van der Waals surface area contributed by atoms with E-state index in [1.165, 1.54) is 12.1 Å². The van der Waals surface area contributed by atoms with E-state index in [-0.39, 0.29) is 28.8 Å². The highest BCUT2D eigenvalue weighted by Gasteiger charge is 2.57. The lowest BCUT2D eigenvalue weighted by Crippen LogP contribution is -2.44. The zero-order valence-corrected chi connectivity index (χ0v) is 35.9. The van der Waals surface area contributed by atoms with Crippen LogP contribution in [0.15, 0.2) is 63.8 Å². The van der Waals surface area contributed by atoms with Gasteiger partial charge in [-0.05, 0) is 87.9 Å². The summed E-state index contributed by atoms with van der Waals surface area (Å²) in [5.41, 5.74) is -11.5. The van der Waals surface area contributed by atoms with Gasteiger partial charge in [-0.2, -0.15) is 26.0 Å². The highest BCUT2D eigenvalue weighted by Crippen LogP contribution is 2.59. The molecule has 2 amide bonds. The van der Waals surface area contributed by atoms with Crippen molar-refractivity contribution in [3.05, 3.63) is 127 Å². The molecule has 2 N–H and O–H groups in total. The molecule has 3 aliphatic rings. The Labute approximate surface area is 370 Å². The van der Waals surface area contributed by atoms with Crippen LogP contribution in [0.25, 0.3) is 11.0 Å². The Morgan fingerprint density at radius 1 is 0.803 bits per heavy atom. The molecule has 1 aliphatic carbocycles. The molecule has 1 spiro atoms. The number of hydrogen-bond acceptors (Lipinski definition) is 11. The Morgan fingerprint density at radius 3 is 2.03 bits per heavy atom. The van der Waals surface area contributed by atoms with Crippen LogP contribution < -0.4 is 30.1 Å². The van der Waals surface area contributed by atoms with Crippen LogP contribution in [0.5, 0.6) is 17.2 Å². The molecule has 1 atom stereocenters. The van der Waals surface area contributed by atoms with Gasteiger partial charge in [0.2, 0.25) is 11.6 Å². The summed E-state index contributed by atoms with van der Waals surface area (Å²) in [5, 5.41) is 6.29. The van der Waals surface area contributed by atoms with Crippen molar-refractivity contribution in [2.24, 2.45) is 0 Å². The van der Waals surface area contributed by atoms with E-state index in [1.54, 1.807) is 12.1 Å². The maximum Gasteiger partial charge on any atom is 0.534 e. The second kappa shape index (κ2) is 17.0. The van der Waals surface area contributed by atoms with Crippen molar-refractivity contribution in [2.45, 2.75) is 82.5 Å². The van der Waals surface area contributed by atoms with Crippen molar-refractivity contribution < 1.29 is 71.6 Å². The van der Waals surface area contributed by atoms with E-state index in [1.807, 2.05) is 6.07 Å². The fourth-order valence-electron chi connectivity index (χ4n) is 8.57. The van der Waals surface area contributed by atoms with Gasteiger partial charge in [-0.15, -0.1) is 0 Å². The van der Waals surface area contributed by atoms with Gasteiger partial charge in [-0.1, -0.05) is 19.9 Å². The fraction of sp³-hybridized carbons (Fsp3) is 0.333. The molecule has 2 aliphatic heterocycles. The number of rotatable bonds is 11. The van der Waals surface area contributed by atoms with Gasteiger partial charge in [0.25, 0.3) is 11.8 Å². The molecule has 0 radical (unpaired) electrons. The molecule has 3 heterocycles. The monoisotopic (exact) mass is 945 g/mol. The molecule has 1 fully saturated rings. The molecular formula is C45H38F7N3O10S. The number of hydrogen-bond donors (Lipinski definition) is 2. The maximum absolute atomic E-state index is 16.0. The molecule has 0 bridgehead atoms. The zero-order chi connectivity index (χ0) is 47.6. The number of carbonyl (C=O) groups is 3. The molecule has 5 aromatic rings. The normalized spacial score (nSPS) is 18.8. The van der Waals surface area contributed by atoms with E-state index < -0.39 is 113 Å². The number of anilines is 1. The fourth-order valence-corrected chi connectivity index (χ4v) is 9.04. The van der Waals surface area contributed by atoms with Gasteiger partial charge in [0.1, 0.15) is 17.0 Å². The van der Waals surface area contributed by atoms with E-state index in [2.05, 4.69) is 33.6 Å². The number of ether oxygens (including phenoxy) is 2. The van der Waals surface area contributed by atoms with Crippen molar-refractivity contribution >= 4 is 44.6 Å². The molecule has 1 aromatic heterocycles. The standard InChI is InChI=1S/C45H38F7N3O10S/c1-4-14-55(15-5-2)26-12-6-22-16-28(42(58)62-34(22)18-26)41(57)54-25-10-8-24(9-11-25)53-40(56)23-7-13-29-27(17-23)43(59)64-44(29)30-19-32(46)21(3)35(48)37(30)63-38-31(44)20-33(47)39(36(38)49)65-66(60,61)45(50,51)52/h6-7,12-13,16-20,24-25H,4-5,8-11,14-15H2,1-3H3,(H,53,56)(H,54,57)/t24-,25-,44?. The van der Waals surface area contributed by atoms with Crippen LogP contribution in [0.3, 0.4) is 0 Å². The molecule has 1 saturated carbocycles. The molecule has 1 unspecified atom stereocenters. The third-order valence-corrected chi connectivity index (χ3v) is 12.8. The Balaban J connectivity index is 1.00. The number of benzene rings is 4. The van der Waals surface area contributed by atoms with Crippen LogP contribution in [-0.4, -0.2) is 56.9 Å². The lowest BCUT2D eigenvalue weighted by molar-refractivity contribution is -0.0502. The van der Waals surface area contributed by atoms with Gasteiger partial charge in [0.05, 0.1) is 16.7 Å². The summed E-state index contributed by atoms with van der Waals surface area (Å²) in [4.78, 5) is 55.6. The van der Waals surface area contributed by atoms with E-state index in [9.17, 15) is 40.8 Å². The average molecular weight is 946 g/mol. The summed E-state index contributed by atoms with van der Waals surface area (Å²) in [6.07, 6.45) is 3.43. The summed E-state index contributed by atoms with van der Waals surface area (Å²) in [6.45, 7) is 6.76. The molecule has 4 aromatic carbocycles. The Kier molecular flexibility index (Phi) is 11.8. The Hall–Kier alpha value is -6.64. The minimum atomic E-state index is -6.66. The number of nitrogens with one attached hydrogen (secondary N) is 2. The molecule has 66 heavy (non-hydrogen) atoms. The highest BCUT2D eigenvalue weighted by molar-refractivity contribution is 7.88. The van der Waals surface area contributed by atoms with Gasteiger partial charge in [0, 0.05) is 59.0 Å². The molecule has 0 saturated heterocycles. The SMILES string of the molecule is CCCN(CCC)c1ccc2cc(C(=O)N[C@H]3CC[C@H](NC(=O)c4ccc5c(c4)C(=O)OC54c5cc(F)c(C)c(F)c5Oc5c4cc(F)c(OS(=O)(=O)C(F)(F)F)c5F)CC3)c(=O)oc2c1. The van der Waals surface area contributed by atoms with Gasteiger partial charge in [0.15, 0.2) is 28.7 Å². The van der Waals surface area contributed by atoms with Gasteiger partial charge in [-0.3, -0.25) is 9.59 Å². The summed E-state index contributed by atoms with van der Waals surface area (Å²) in [5.74, 6) is -13.9. The van der Waals surface area contributed by atoms with Crippen molar-refractivity contribution in [3.8, 4) is 17.2 Å². The van der Waals surface area contributed by atoms with Crippen LogP contribution in [0, 0.1) is 30.2 Å². The summed E-state index contributed by atoms with van der Waals surface area (Å²) in [7, 11) is -6.66. The molecule has 348 valence electrons. The quantitative estimate of drug-likeness (QED) is 0.0428. The van der Waals surface area contributed by atoms with Crippen molar-refractivity contribution in [2.75, 3.05) is 18.0 Å². The number of halogens is 7. The summed E-state index contributed by atoms with van der Waals surface area (Å²) < 4.78 is 146. The van der Waals surface area contributed by atoms with Crippen LogP contribution in [0.2, 0.25) is 0 Å². The Morgan fingerprint density at radius 2 is 1.41 bits per heavy atom. The number of amides is 2. The van der Waals surface area contributed by atoms with E-state index in [0.29, 0.717) is 42.7 Å². The third-order valence-electron chi connectivity index (χ3n) is 11.8. The minimum absolute atomic E-state index is 0.121. The van der Waals surface area contributed by atoms with E-state index >= 15 is 17.6 Å². The van der Waals surface area contributed by atoms with Crippen LogP contribution in [-0.2, 0) is 20.5 Å². The largest absolute Gasteiger partial charge is 0.534 e. The zero-order valence-electron chi connectivity index (χ0n) is 35.1. The number of carbonyl (C=O) groups excluding carboxylic acids is 3. The number of fused-ring (bicyclic) bond motifs is 7. The average Bonchev–Trinajstić information content (AvgIpc) is 3.56. The lowest BCUT2D eigenvalue weighted by Gasteiger charge is -2.37. The first kappa shape index (κ1) is 45.9. The summed E-state index contributed by atoms with van der Waals surface area (Å²) >= 11 is 0. The van der Waals surface area contributed by atoms with Crippen LogP contribution in [0.1, 0.15) is 106 Å². The predicted molar refractivity (Wildman–Crippen MR) is 221 cm³/mol. The lowest BCUT2D eigenvalue weighted by atomic mass is 9.76. The van der Waals surface area contributed by atoms with Crippen LogP contribution in [0.4, 0.5) is 36.4 Å². The van der Waals surface area contributed by atoms with E-state index in [0.717, 1.165) is 50.7 Å². The molecule has 13 nitrogen and oxygen atoms in total. The highest BCUT2D eigenvalue weighted by atomic mass is 32.2. The second-order valence-corrected chi connectivity index (χ2v) is 17.7. The topological polar surface area (TPSA) is 171 Å². The first-order chi connectivity index (χ1) is 31.2. The van der Waals surface area contributed by atoms with Gasteiger partial charge >= 0.3 is 27.2 Å². The first-order valence-corrected chi connectivity index (χ1v) is 22.1. The van der Waals surface area contributed by atoms with E-state index in [4.69, 9.17) is 13.9 Å². The molecule has 8 rings (SSSR count).